The number of aryl methyl sites for hydroxylation is 4. The van der Waals surface area contributed by atoms with Crippen LogP contribution in [0.3, 0.4) is 0 Å². The van der Waals surface area contributed by atoms with Crippen molar-refractivity contribution >= 4 is 22.8 Å². The molecule has 2 heterocycles. The van der Waals surface area contributed by atoms with Crippen molar-refractivity contribution in [3.8, 4) is 11.4 Å². The number of rotatable bonds is 7. The number of aromatic nitrogens is 4. The SMILES string of the molecule is CCn1c(=O)c(CCC(=O)Nc2cc(C)ccc2OC)nc2c(C)nn(-c3ccccc3)c21. The first-order valence-corrected chi connectivity index (χ1v) is 10.9. The Kier molecular flexibility index (Phi) is 6.26. The van der Waals surface area contributed by atoms with Gasteiger partial charge in [-0.1, -0.05) is 24.3 Å². The van der Waals surface area contributed by atoms with Crippen LogP contribution in [0.5, 0.6) is 5.75 Å². The summed E-state index contributed by atoms with van der Waals surface area (Å²) in [6.45, 7) is 6.20. The van der Waals surface area contributed by atoms with Crippen molar-refractivity contribution < 1.29 is 9.53 Å². The molecule has 33 heavy (non-hydrogen) atoms. The number of carbonyl (C=O) groups excluding carboxylic acids is 1. The molecule has 0 aliphatic rings. The lowest BCUT2D eigenvalue weighted by Crippen LogP contribution is -2.27. The van der Waals surface area contributed by atoms with Crippen LogP contribution in [0.15, 0.2) is 53.3 Å². The average Bonchev–Trinajstić information content (AvgIpc) is 3.14. The van der Waals surface area contributed by atoms with Crippen LogP contribution in [0.25, 0.3) is 16.9 Å². The zero-order valence-corrected chi connectivity index (χ0v) is 19.3. The van der Waals surface area contributed by atoms with Gasteiger partial charge in [-0.15, -0.1) is 0 Å². The smallest absolute Gasteiger partial charge is 0.273 e. The van der Waals surface area contributed by atoms with E-state index in [1.807, 2.05) is 69.3 Å². The molecule has 1 amide bonds. The van der Waals surface area contributed by atoms with Gasteiger partial charge in [0.25, 0.3) is 5.56 Å². The van der Waals surface area contributed by atoms with Crippen molar-refractivity contribution in [1.82, 2.24) is 19.3 Å². The largest absolute Gasteiger partial charge is 0.495 e. The standard InChI is InChI=1S/C25H27N5O3/c1-5-29-24-23(17(3)28-30(24)18-9-7-6-8-10-18)27-19(25(29)32)12-14-22(31)26-20-15-16(2)11-13-21(20)33-4/h6-11,13,15H,5,12,14H2,1-4H3,(H,26,31). The first-order valence-electron chi connectivity index (χ1n) is 10.9. The Labute approximate surface area is 191 Å². The number of ether oxygens (including phenoxy) is 1. The third-order valence-corrected chi connectivity index (χ3v) is 5.53. The molecule has 1 N–H and O–H groups in total. The number of hydrogen-bond donors (Lipinski definition) is 1. The molecule has 0 unspecified atom stereocenters. The molecule has 0 aliphatic heterocycles. The highest BCUT2D eigenvalue weighted by molar-refractivity contribution is 5.92. The zero-order valence-electron chi connectivity index (χ0n) is 19.3. The molecule has 0 atom stereocenters. The maximum absolute atomic E-state index is 13.2. The van der Waals surface area contributed by atoms with Gasteiger partial charge in [0.05, 0.1) is 24.2 Å². The normalized spacial score (nSPS) is 11.0. The highest BCUT2D eigenvalue weighted by atomic mass is 16.5. The molecule has 0 spiro atoms. The second kappa shape index (κ2) is 9.28. The van der Waals surface area contributed by atoms with Crippen LogP contribution in [0.2, 0.25) is 0 Å². The van der Waals surface area contributed by atoms with Crippen molar-refractivity contribution in [1.29, 1.82) is 0 Å². The van der Waals surface area contributed by atoms with Crippen molar-refractivity contribution in [2.45, 2.75) is 40.2 Å². The number of hydrogen-bond acceptors (Lipinski definition) is 5. The summed E-state index contributed by atoms with van der Waals surface area (Å²) in [6, 6.07) is 15.2. The molecule has 0 fully saturated rings. The van der Waals surface area contributed by atoms with E-state index in [0.717, 1.165) is 16.9 Å². The van der Waals surface area contributed by atoms with Crippen LogP contribution >= 0.6 is 0 Å². The van der Waals surface area contributed by atoms with Crippen LogP contribution in [0.1, 0.15) is 30.3 Å². The molecule has 0 radical (unpaired) electrons. The minimum atomic E-state index is -0.208. The van der Waals surface area contributed by atoms with Gasteiger partial charge in [-0.25, -0.2) is 9.67 Å². The second-order valence-corrected chi connectivity index (χ2v) is 7.86. The molecule has 8 nitrogen and oxygen atoms in total. The van der Waals surface area contributed by atoms with Gasteiger partial charge in [0.15, 0.2) is 5.65 Å². The second-order valence-electron chi connectivity index (χ2n) is 7.86. The van der Waals surface area contributed by atoms with Crippen LogP contribution < -0.4 is 15.6 Å². The fraction of sp³-hybridized carbons (Fsp3) is 0.280. The minimum absolute atomic E-state index is 0.125. The van der Waals surface area contributed by atoms with Crippen LogP contribution in [0, 0.1) is 13.8 Å². The first-order chi connectivity index (χ1) is 15.9. The Bertz CT molecular complexity index is 1370. The molecule has 0 bridgehead atoms. The Balaban J connectivity index is 1.64. The van der Waals surface area contributed by atoms with E-state index in [9.17, 15) is 9.59 Å². The number of benzene rings is 2. The van der Waals surface area contributed by atoms with E-state index in [-0.39, 0.29) is 24.3 Å². The van der Waals surface area contributed by atoms with Crippen molar-refractivity contribution in [2.75, 3.05) is 12.4 Å². The van der Waals surface area contributed by atoms with E-state index in [4.69, 9.17) is 4.74 Å². The molecule has 0 aliphatic carbocycles. The number of para-hydroxylation sites is 1. The highest BCUT2D eigenvalue weighted by Gasteiger charge is 2.19. The van der Waals surface area contributed by atoms with Gasteiger partial charge in [-0.3, -0.25) is 14.2 Å². The van der Waals surface area contributed by atoms with Gasteiger partial charge in [0, 0.05) is 19.4 Å². The van der Waals surface area contributed by atoms with Gasteiger partial charge in [-0.2, -0.15) is 5.10 Å². The summed E-state index contributed by atoms with van der Waals surface area (Å²) in [6.07, 6.45) is 0.352. The quantitative estimate of drug-likeness (QED) is 0.467. The lowest BCUT2D eigenvalue weighted by molar-refractivity contribution is -0.116. The van der Waals surface area contributed by atoms with Gasteiger partial charge in [-0.05, 0) is 50.6 Å². The zero-order chi connectivity index (χ0) is 23.5. The molecule has 8 heteroatoms. The molecule has 170 valence electrons. The summed E-state index contributed by atoms with van der Waals surface area (Å²) in [5, 5.41) is 7.51. The topological polar surface area (TPSA) is 91.0 Å². The number of fused-ring (bicyclic) bond motifs is 1. The molecule has 4 rings (SSSR count). The third-order valence-electron chi connectivity index (χ3n) is 5.53. The fourth-order valence-corrected chi connectivity index (χ4v) is 3.88. The van der Waals surface area contributed by atoms with Crippen LogP contribution in [0.4, 0.5) is 5.69 Å². The monoisotopic (exact) mass is 445 g/mol. The number of methoxy groups -OCH3 is 1. The molecular formula is C25H27N5O3. The van der Waals surface area contributed by atoms with Gasteiger partial charge < -0.3 is 10.1 Å². The summed E-state index contributed by atoms with van der Waals surface area (Å²) >= 11 is 0. The van der Waals surface area contributed by atoms with Crippen molar-refractivity contribution in [2.24, 2.45) is 0 Å². The van der Waals surface area contributed by atoms with E-state index in [0.29, 0.717) is 34.8 Å². The molecule has 0 saturated heterocycles. The summed E-state index contributed by atoms with van der Waals surface area (Å²) in [5.41, 5.74) is 4.67. The predicted octanol–water partition coefficient (Wildman–Crippen LogP) is 3.80. The summed E-state index contributed by atoms with van der Waals surface area (Å²) < 4.78 is 8.75. The molecular weight excluding hydrogens is 418 g/mol. The molecule has 0 saturated carbocycles. The molecule has 2 aromatic carbocycles. The average molecular weight is 446 g/mol. The fourth-order valence-electron chi connectivity index (χ4n) is 3.88. The van der Waals surface area contributed by atoms with Gasteiger partial charge in [0.1, 0.15) is 17.0 Å². The third kappa shape index (κ3) is 4.37. The van der Waals surface area contributed by atoms with Crippen molar-refractivity contribution in [3.05, 3.63) is 75.8 Å². The van der Waals surface area contributed by atoms with Gasteiger partial charge in [0.2, 0.25) is 5.91 Å². The number of nitrogens with zero attached hydrogens (tertiary/aromatic N) is 4. The number of amides is 1. The van der Waals surface area contributed by atoms with E-state index < -0.39 is 0 Å². The summed E-state index contributed by atoms with van der Waals surface area (Å²) in [4.78, 5) is 30.5. The Hall–Kier alpha value is -3.94. The lowest BCUT2D eigenvalue weighted by Gasteiger charge is -2.12. The van der Waals surface area contributed by atoms with Crippen LogP contribution in [-0.2, 0) is 17.8 Å². The number of carbonyl (C=O) groups is 1. The first kappa shape index (κ1) is 22.3. The number of anilines is 1. The minimum Gasteiger partial charge on any atom is -0.495 e. The Morgan fingerprint density at radius 1 is 1.12 bits per heavy atom. The van der Waals surface area contributed by atoms with Crippen molar-refractivity contribution in [3.63, 3.8) is 0 Å². The van der Waals surface area contributed by atoms with E-state index in [2.05, 4.69) is 15.4 Å². The highest BCUT2D eigenvalue weighted by Crippen LogP contribution is 2.25. The van der Waals surface area contributed by atoms with E-state index in [1.165, 1.54) is 0 Å². The van der Waals surface area contributed by atoms with Crippen LogP contribution in [-0.4, -0.2) is 32.3 Å². The van der Waals surface area contributed by atoms with Gasteiger partial charge >= 0.3 is 0 Å². The predicted molar refractivity (Wildman–Crippen MR) is 128 cm³/mol. The summed E-state index contributed by atoms with van der Waals surface area (Å²) in [7, 11) is 1.56. The van der Waals surface area contributed by atoms with E-state index in [1.54, 1.807) is 16.4 Å². The molecule has 4 aromatic rings. The molecule has 2 aromatic heterocycles. The Morgan fingerprint density at radius 3 is 2.58 bits per heavy atom. The lowest BCUT2D eigenvalue weighted by atomic mass is 10.2. The summed E-state index contributed by atoms with van der Waals surface area (Å²) in [5.74, 6) is 0.380. The van der Waals surface area contributed by atoms with E-state index >= 15 is 0 Å². The maximum Gasteiger partial charge on any atom is 0.273 e. The maximum atomic E-state index is 13.2. The Morgan fingerprint density at radius 2 is 1.88 bits per heavy atom. The number of nitrogens with one attached hydrogen (secondary N) is 1.